The van der Waals surface area contributed by atoms with E-state index in [9.17, 15) is 4.21 Å². The van der Waals surface area contributed by atoms with Gasteiger partial charge < -0.3 is 0 Å². The van der Waals surface area contributed by atoms with Crippen LogP contribution in [0.25, 0.3) is 0 Å². The molecule has 0 aromatic heterocycles. The molecule has 0 aromatic rings. The lowest BCUT2D eigenvalue weighted by molar-refractivity contribution is 0.244. The van der Waals surface area contributed by atoms with Crippen molar-refractivity contribution in [3.8, 4) is 0 Å². The number of hydrogen-bond donors (Lipinski definition) is 0. The maximum atomic E-state index is 10.9. The van der Waals surface area contributed by atoms with Crippen LogP contribution in [0.5, 0.6) is 0 Å². The molecule has 0 N–H and O–H groups in total. The van der Waals surface area contributed by atoms with Crippen molar-refractivity contribution in [3.63, 3.8) is 0 Å². The lowest BCUT2D eigenvalue weighted by Gasteiger charge is -2.01. The maximum absolute atomic E-state index is 10.9. The molecule has 0 aliphatic rings. The van der Waals surface area contributed by atoms with Gasteiger partial charge in [-0.05, 0) is 12.8 Å². The third-order valence-electron chi connectivity index (χ3n) is 1.35. The predicted octanol–water partition coefficient (Wildman–Crippen LogP) is 2.20. The lowest BCUT2D eigenvalue weighted by Crippen LogP contribution is -2.04. The molecule has 0 rings (SSSR count). The summed E-state index contributed by atoms with van der Waals surface area (Å²) in [6, 6.07) is 0. The topological polar surface area (TPSA) is 35.5 Å². The molecule has 0 heterocycles. The summed E-state index contributed by atoms with van der Waals surface area (Å²) >= 11 is -1.52. The third kappa shape index (κ3) is 8.17. The highest BCUT2D eigenvalue weighted by Gasteiger charge is 1.98. The van der Waals surface area contributed by atoms with Crippen LogP contribution in [0.3, 0.4) is 0 Å². The molecular formula is C8H18O3S. The zero-order valence-corrected chi connectivity index (χ0v) is 8.69. The van der Waals surface area contributed by atoms with Gasteiger partial charge in [-0.25, -0.2) is 0 Å². The van der Waals surface area contributed by atoms with Crippen molar-refractivity contribution in [1.29, 1.82) is 0 Å². The largest absolute Gasteiger partial charge is 0.304 e. The fourth-order valence-corrected chi connectivity index (χ4v) is 1.15. The van der Waals surface area contributed by atoms with Gasteiger partial charge in [0.2, 0.25) is 0 Å². The van der Waals surface area contributed by atoms with Crippen LogP contribution in [0.15, 0.2) is 0 Å². The van der Waals surface area contributed by atoms with E-state index in [2.05, 4.69) is 13.8 Å². The van der Waals surface area contributed by atoms with Crippen molar-refractivity contribution in [1.82, 2.24) is 0 Å². The second kappa shape index (κ2) is 9.16. The van der Waals surface area contributed by atoms with Gasteiger partial charge in [-0.3, -0.25) is 8.37 Å². The fraction of sp³-hybridized carbons (Fsp3) is 1.00. The summed E-state index contributed by atoms with van der Waals surface area (Å²) in [4.78, 5) is 0. The van der Waals surface area contributed by atoms with Crippen molar-refractivity contribution in [2.24, 2.45) is 0 Å². The molecule has 0 aromatic carbocycles. The van der Waals surface area contributed by atoms with Crippen molar-refractivity contribution in [2.75, 3.05) is 13.2 Å². The van der Waals surface area contributed by atoms with Crippen LogP contribution < -0.4 is 0 Å². The summed E-state index contributed by atoms with van der Waals surface area (Å²) in [5, 5.41) is 0. The van der Waals surface area contributed by atoms with Crippen molar-refractivity contribution >= 4 is 11.4 Å². The Balaban J connectivity index is 3.10. The first-order chi connectivity index (χ1) is 5.81. The van der Waals surface area contributed by atoms with E-state index in [1.54, 1.807) is 0 Å². The highest BCUT2D eigenvalue weighted by molar-refractivity contribution is 7.75. The Bertz CT molecular complexity index is 105. The zero-order valence-electron chi connectivity index (χ0n) is 7.88. The molecule has 12 heavy (non-hydrogen) atoms. The van der Waals surface area contributed by atoms with E-state index in [4.69, 9.17) is 8.37 Å². The summed E-state index contributed by atoms with van der Waals surface area (Å²) in [5.74, 6) is 0. The summed E-state index contributed by atoms with van der Waals surface area (Å²) in [6.07, 6.45) is 3.96. The van der Waals surface area contributed by atoms with Gasteiger partial charge in [-0.15, -0.1) is 0 Å². The van der Waals surface area contributed by atoms with Crippen LogP contribution >= 0.6 is 0 Å². The fourth-order valence-electron chi connectivity index (χ4n) is 0.577. The summed E-state index contributed by atoms with van der Waals surface area (Å²) in [7, 11) is 0. The maximum Gasteiger partial charge on any atom is 0.304 e. The third-order valence-corrected chi connectivity index (χ3v) is 2.07. The summed E-state index contributed by atoms with van der Waals surface area (Å²) in [6.45, 7) is 5.17. The Kier molecular flexibility index (Phi) is 9.21. The van der Waals surface area contributed by atoms with Gasteiger partial charge in [-0.1, -0.05) is 26.7 Å². The molecule has 74 valence electrons. The first-order valence-electron chi connectivity index (χ1n) is 4.49. The van der Waals surface area contributed by atoms with E-state index < -0.39 is 11.4 Å². The second-order valence-electron chi connectivity index (χ2n) is 2.56. The average molecular weight is 194 g/mol. The molecule has 0 saturated carbocycles. The van der Waals surface area contributed by atoms with Gasteiger partial charge in [0.05, 0.1) is 13.2 Å². The van der Waals surface area contributed by atoms with E-state index in [-0.39, 0.29) is 0 Å². The average Bonchev–Trinajstić information content (AvgIpc) is 2.06. The SMILES string of the molecule is CCCCOS(=O)OCCCC. The van der Waals surface area contributed by atoms with Crippen molar-refractivity contribution in [2.45, 2.75) is 39.5 Å². The zero-order chi connectivity index (χ0) is 9.23. The molecule has 0 radical (unpaired) electrons. The molecule has 0 fully saturated rings. The van der Waals surface area contributed by atoms with E-state index in [0.717, 1.165) is 25.7 Å². The second-order valence-corrected chi connectivity index (χ2v) is 3.43. The minimum absolute atomic E-state index is 0.523. The standard InChI is InChI=1S/C8H18O3S/c1-3-5-7-10-12(9)11-8-6-4-2/h3-8H2,1-2H3. The molecule has 0 spiro atoms. The van der Waals surface area contributed by atoms with Crippen LogP contribution in [-0.4, -0.2) is 17.4 Å². The van der Waals surface area contributed by atoms with E-state index in [1.807, 2.05) is 0 Å². The van der Waals surface area contributed by atoms with Gasteiger partial charge in [-0.2, -0.15) is 4.21 Å². The number of unbranched alkanes of at least 4 members (excludes halogenated alkanes) is 2. The van der Waals surface area contributed by atoms with Gasteiger partial charge >= 0.3 is 11.4 Å². The highest BCUT2D eigenvalue weighted by Crippen LogP contribution is 1.96. The normalized spacial score (nSPS) is 10.9. The van der Waals surface area contributed by atoms with Crippen LogP contribution in [0.4, 0.5) is 0 Å². The molecule has 0 atom stereocenters. The molecule has 0 unspecified atom stereocenters. The van der Waals surface area contributed by atoms with Gasteiger partial charge in [0.25, 0.3) is 0 Å². The van der Waals surface area contributed by atoms with Crippen molar-refractivity contribution < 1.29 is 12.6 Å². The first-order valence-corrected chi connectivity index (χ1v) is 5.49. The van der Waals surface area contributed by atoms with Crippen LogP contribution in [-0.2, 0) is 19.7 Å². The molecule has 0 saturated heterocycles. The molecular weight excluding hydrogens is 176 g/mol. The molecule has 0 aliphatic carbocycles. The van der Waals surface area contributed by atoms with Crippen LogP contribution in [0.1, 0.15) is 39.5 Å². The minimum Gasteiger partial charge on any atom is -0.268 e. The predicted molar refractivity (Wildman–Crippen MR) is 49.9 cm³/mol. The summed E-state index contributed by atoms with van der Waals surface area (Å²) in [5.41, 5.74) is 0. The molecule has 4 heteroatoms. The van der Waals surface area contributed by atoms with Gasteiger partial charge in [0.15, 0.2) is 0 Å². The lowest BCUT2D eigenvalue weighted by atomic mass is 10.4. The van der Waals surface area contributed by atoms with Crippen LogP contribution in [0.2, 0.25) is 0 Å². The first kappa shape index (κ1) is 12.1. The Labute approximate surface area is 77.3 Å². The minimum atomic E-state index is -1.52. The van der Waals surface area contributed by atoms with E-state index >= 15 is 0 Å². The van der Waals surface area contributed by atoms with Gasteiger partial charge in [0, 0.05) is 0 Å². The molecule has 0 aliphatic heterocycles. The Hall–Kier alpha value is 0.0700. The smallest absolute Gasteiger partial charge is 0.268 e. The monoisotopic (exact) mass is 194 g/mol. The van der Waals surface area contributed by atoms with Gasteiger partial charge in [0.1, 0.15) is 0 Å². The molecule has 0 bridgehead atoms. The summed E-state index contributed by atoms with van der Waals surface area (Å²) < 4.78 is 20.6. The Morgan fingerprint density at radius 2 is 1.42 bits per heavy atom. The highest BCUT2D eigenvalue weighted by atomic mass is 32.2. The number of rotatable bonds is 8. The van der Waals surface area contributed by atoms with E-state index in [0.29, 0.717) is 13.2 Å². The quantitative estimate of drug-likeness (QED) is 0.556. The molecule has 3 nitrogen and oxygen atoms in total. The van der Waals surface area contributed by atoms with E-state index in [1.165, 1.54) is 0 Å². The van der Waals surface area contributed by atoms with Crippen molar-refractivity contribution in [3.05, 3.63) is 0 Å². The Morgan fingerprint density at radius 1 is 1.00 bits per heavy atom. The molecule has 0 amide bonds. The number of hydrogen-bond acceptors (Lipinski definition) is 3. The van der Waals surface area contributed by atoms with Crippen LogP contribution in [0, 0.1) is 0 Å². The Morgan fingerprint density at radius 3 is 1.75 bits per heavy atom.